The average Bonchev–Trinajstić information content (AvgIpc) is 2.11. The van der Waals surface area contributed by atoms with Crippen LogP contribution in [0.4, 0.5) is 0 Å². The summed E-state index contributed by atoms with van der Waals surface area (Å²) < 4.78 is 0. The summed E-state index contributed by atoms with van der Waals surface area (Å²) >= 11 is 0. The number of nitrogens with zero attached hydrogens (tertiary/aromatic N) is 1. The zero-order chi connectivity index (χ0) is 11.7. The Bertz CT molecular complexity index is 231. The summed E-state index contributed by atoms with van der Waals surface area (Å²) in [6, 6.07) is 0. The minimum atomic E-state index is -1.02. The van der Waals surface area contributed by atoms with Gasteiger partial charge in [-0.2, -0.15) is 0 Å². The number of aldehydes is 1. The van der Waals surface area contributed by atoms with Crippen LogP contribution in [0.15, 0.2) is 0 Å². The summed E-state index contributed by atoms with van der Waals surface area (Å²) in [5, 5.41) is 19.4. The molecule has 0 saturated heterocycles. The number of carbonyl (C=O) groups excluding carboxylic acids is 1. The molecule has 0 rings (SSSR count). The second-order valence-electron chi connectivity index (χ2n) is 2.87. The molecule has 0 atom stereocenters. The second-order valence-corrected chi connectivity index (χ2v) is 2.87. The SMILES string of the molecule is O=CCN(CCNCC(=O)O)CC(=O)O. The van der Waals surface area contributed by atoms with Gasteiger partial charge in [-0.25, -0.2) is 0 Å². The number of carboxylic acid groups (broad SMARTS) is 2. The van der Waals surface area contributed by atoms with Gasteiger partial charge in [0.2, 0.25) is 0 Å². The first-order valence-corrected chi connectivity index (χ1v) is 4.36. The van der Waals surface area contributed by atoms with Gasteiger partial charge < -0.3 is 20.3 Å². The Morgan fingerprint density at radius 3 is 2.40 bits per heavy atom. The van der Waals surface area contributed by atoms with Gasteiger partial charge in [0.25, 0.3) is 0 Å². The molecule has 0 amide bonds. The van der Waals surface area contributed by atoms with Crippen molar-refractivity contribution in [2.24, 2.45) is 0 Å². The van der Waals surface area contributed by atoms with Gasteiger partial charge in [0, 0.05) is 13.1 Å². The van der Waals surface area contributed by atoms with Crippen molar-refractivity contribution in [3.05, 3.63) is 0 Å². The summed E-state index contributed by atoms with van der Waals surface area (Å²) in [7, 11) is 0. The minimum Gasteiger partial charge on any atom is -0.480 e. The van der Waals surface area contributed by atoms with Crippen LogP contribution in [-0.2, 0) is 14.4 Å². The standard InChI is InChI=1S/C8H14N2O5/c11-4-3-10(6-8(14)15)2-1-9-5-7(12)13/h4,9H,1-3,5-6H2,(H,12,13)(H,14,15). The lowest BCUT2D eigenvalue weighted by molar-refractivity contribution is -0.139. The van der Waals surface area contributed by atoms with E-state index in [4.69, 9.17) is 10.2 Å². The van der Waals surface area contributed by atoms with E-state index in [0.29, 0.717) is 19.4 Å². The van der Waals surface area contributed by atoms with Crippen molar-refractivity contribution in [1.82, 2.24) is 10.2 Å². The number of rotatable bonds is 9. The highest BCUT2D eigenvalue weighted by Gasteiger charge is 2.08. The summed E-state index contributed by atoms with van der Waals surface area (Å²) in [5.41, 5.74) is 0. The largest absolute Gasteiger partial charge is 0.480 e. The summed E-state index contributed by atoms with van der Waals surface area (Å²) in [4.78, 5) is 32.1. The number of carbonyl (C=O) groups is 3. The maximum absolute atomic E-state index is 10.4. The van der Waals surface area contributed by atoms with Gasteiger partial charge >= 0.3 is 11.9 Å². The Balaban J connectivity index is 3.70. The van der Waals surface area contributed by atoms with E-state index in [1.807, 2.05) is 0 Å². The molecule has 0 aromatic rings. The van der Waals surface area contributed by atoms with E-state index < -0.39 is 11.9 Å². The molecule has 0 aliphatic heterocycles. The lowest BCUT2D eigenvalue weighted by Crippen LogP contribution is -2.38. The summed E-state index contributed by atoms with van der Waals surface area (Å²) in [6.07, 6.45) is 0.611. The molecule has 0 unspecified atom stereocenters. The molecule has 0 aromatic heterocycles. The van der Waals surface area contributed by atoms with Crippen LogP contribution in [0.25, 0.3) is 0 Å². The fraction of sp³-hybridized carbons (Fsp3) is 0.625. The van der Waals surface area contributed by atoms with Crippen LogP contribution < -0.4 is 5.32 Å². The predicted octanol–water partition coefficient (Wildman–Crippen LogP) is -1.75. The van der Waals surface area contributed by atoms with Crippen molar-refractivity contribution >= 4 is 18.2 Å². The zero-order valence-electron chi connectivity index (χ0n) is 8.18. The predicted molar refractivity (Wildman–Crippen MR) is 50.6 cm³/mol. The van der Waals surface area contributed by atoms with Crippen LogP contribution in [0.3, 0.4) is 0 Å². The van der Waals surface area contributed by atoms with E-state index in [9.17, 15) is 14.4 Å². The van der Waals surface area contributed by atoms with Gasteiger partial charge in [0.15, 0.2) is 0 Å². The van der Waals surface area contributed by atoms with Crippen molar-refractivity contribution in [2.45, 2.75) is 0 Å². The minimum absolute atomic E-state index is 0.0288. The number of aliphatic carboxylic acids is 2. The number of nitrogens with one attached hydrogen (secondary N) is 1. The van der Waals surface area contributed by atoms with Crippen molar-refractivity contribution in [1.29, 1.82) is 0 Å². The molecule has 0 aromatic carbocycles. The lowest BCUT2D eigenvalue weighted by atomic mass is 10.4. The average molecular weight is 218 g/mol. The molecule has 0 radical (unpaired) electrons. The third-order valence-electron chi connectivity index (χ3n) is 1.57. The highest BCUT2D eigenvalue weighted by atomic mass is 16.4. The van der Waals surface area contributed by atoms with Crippen LogP contribution >= 0.6 is 0 Å². The number of hydrogen-bond donors (Lipinski definition) is 3. The van der Waals surface area contributed by atoms with Crippen molar-refractivity contribution < 1.29 is 24.6 Å². The Morgan fingerprint density at radius 2 is 1.93 bits per heavy atom. The van der Waals surface area contributed by atoms with Gasteiger partial charge in [-0.3, -0.25) is 14.5 Å². The van der Waals surface area contributed by atoms with Crippen molar-refractivity contribution in [3.63, 3.8) is 0 Å². The molecule has 0 saturated carbocycles. The summed E-state index contributed by atoms with van der Waals surface area (Å²) in [5.74, 6) is -2.00. The first-order chi connectivity index (χ1) is 7.06. The first kappa shape index (κ1) is 13.5. The van der Waals surface area contributed by atoms with E-state index >= 15 is 0 Å². The van der Waals surface area contributed by atoms with Crippen LogP contribution in [0.5, 0.6) is 0 Å². The molecule has 0 aliphatic carbocycles. The molecule has 7 heteroatoms. The first-order valence-electron chi connectivity index (χ1n) is 4.36. The maximum Gasteiger partial charge on any atom is 0.317 e. The second kappa shape index (κ2) is 7.89. The van der Waals surface area contributed by atoms with E-state index in [0.717, 1.165) is 0 Å². The Morgan fingerprint density at radius 1 is 1.27 bits per heavy atom. The third-order valence-corrected chi connectivity index (χ3v) is 1.57. The molecule has 15 heavy (non-hydrogen) atoms. The molecule has 86 valence electrons. The highest BCUT2D eigenvalue weighted by Crippen LogP contribution is 1.84. The van der Waals surface area contributed by atoms with E-state index in [2.05, 4.69) is 5.32 Å². The van der Waals surface area contributed by atoms with Gasteiger partial charge in [0.05, 0.1) is 19.6 Å². The van der Waals surface area contributed by atoms with Crippen LogP contribution in [-0.4, -0.2) is 66.1 Å². The normalized spacial score (nSPS) is 10.2. The number of hydrogen-bond acceptors (Lipinski definition) is 5. The fourth-order valence-corrected chi connectivity index (χ4v) is 0.964. The highest BCUT2D eigenvalue weighted by molar-refractivity contribution is 5.70. The van der Waals surface area contributed by atoms with E-state index in [1.54, 1.807) is 0 Å². The van der Waals surface area contributed by atoms with Crippen molar-refractivity contribution in [2.75, 3.05) is 32.7 Å². The van der Waals surface area contributed by atoms with E-state index in [-0.39, 0.29) is 19.6 Å². The van der Waals surface area contributed by atoms with Crippen LogP contribution in [0, 0.1) is 0 Å². The van der Waals surface area contributed by atoms with Gasteiger partial charge in [-0.1, -0.05) is 0 Å². The number of carboxylic acids is 2. The van der Waals surface area contributed by atoms with Crippen LogP contribution in [0.2, 0.25) is 0 Å². The molecule has 0 aliphatic rings. The van der Waals surface area contributed by atoms with Gasteiger partial charge in [0.1, 0.15) is 6.29 Å². The van der Waals surface area contributed by atoms with Crippen LogP contribution in [0.1, 0.15) is 0 Å². The van der Waals surface area contributed by atoms with Crippen molar-refractivity contribution in [3.8, 4) is 0 Å². The lowest BCUT2D eigenvalue weighted by Gasteiger charge is -2.16. The molecule has 0 spiro atoms. The molecule has 0 heterocycles. The molecule has 7 nitrogen and oxygen atoms in total. The topological polar surface area (TPSA) is 107 Å². The fourth-order valence-electron chi connectivity index (χ4n) is 0.964. The molecule has 3 N–H and O–H groups in total. The Hall–Kier alpha value is -1.47. The monoisotopic (exact) mass is 218 g/mol. The van der Waals surface area contributed by atoms with Gasteiger partial charge in [-0.15, -0.1) is 0 Å². The maximum atomic E-state index is 10.4. The van der Waals surface area contributed by atoms with E-state index in [1.165, 1.54) is 4.90 Å². The zero-order valence-corrected chi connectivity index (χ0v) is 8.18. The smallest absolute Gasteiger partial charge is 0.317 e. The Labute approximate surface area is 86.7 Å². The molecular weight excluding hydrogens is 204 g/mol. The third kappa shape index (κ3) is 8.85. The quantitative estimate of drug-likeness (QED) is 0.311. The summed E-state index contributed by atoms with van der Waals surface area (Å²) in [6.45, 7) is 0.266. The molecular formula is C8H14N2O5. The molecule has 0 bridgehead atoms. The van der Waals surface area contributed by atoms with Gasteiger partial charge in [-0.05, 0) is 0 Å². The Kier molecular flexibility index (Phi) is 7.12. The molecule has 0 fully saturated rings.